The number of carbonyl (C=O) groups excluding carboxylic acids is 1. The van der Waals surface area contributed by atoms with Gasteiger partial charge < -0.3 is 20.1 Å². The lowest BCUT2D eigenvalue weighted by Crippen LogP contribution is -2.51. The average Bonchev–Trinajstić information content (AvgIpc) is 2.90. The van der Waals surface area contributed by atoms with Crippen LogP contribution in [0.4, 0.5) is 4.79 Å². The van der Waals surface area contributed by atoms with Crippen molar-refractivity contribution in [2.75, 3.05) is 19.6 Å². The number of piperidine rings is 1. The van der Waals surface area contributed by atoms with Crippen molar-refractivity contribution in [3.8, 4) is 0 Å². The second-order valence-electron chi connectivity index (χ2n) is 7.12. The van der Waals surface area contributed by atoms with Crippen LogP contribution in [0.1, 0.15) is 40.0 Å². The molecule has 2 aliphatic rings. The summed E-state index contributed by atoms with van der Waals surface area (Å²) in [6.07, 6.45) is 2.40. The first-order valence-electron chi connectivity index (χ1n) is 7.70. The van der Waals surface area contributed by atoms with Crippen LogP contribution in [0.3, 0.4) is 0 Å². The Morgan fingerprint density at radius 1 is 1.29 bits per heavy atom. The fourth-order valence-corrected chi connectivity index (χ4v) is 3.20. The van der Waals surface area contributed by atoms with Crippen LogP contribution in [-0.4, -0.2) is 53.3 Å². The standard InChI is InChI=1S/C15H26N2O4/c1-15(2,3)21-14(20)17-8-10(12-5-4-6-16-12)7-11(9-17)13(18)19/h10-12,16H,4-9H2,1-3H3,(H,18,19). The molecule has 0 spiro atoms. The van der Waals surface area contributed by atoms with Gasteiger partial charge in [0, 0.05) is 19.1 Å². The van der Waals surface area contributed by atoms with E-state index in [9.17, 15) is 14.7 Å². The number of amides is 1. The summed E-state index contributed by atoms with van der Waals surface area (Å²) in [5, 5.41) is 12.8. The first-order valence-corrected chi connectivity index (χ1v) is 7.70. The number of hydrogen-bond acceptors (Lipinski definition) is 4. The fourth-order valence-electron chi connectivity index (χ4n) is 3.20. The first kappa shape index (κ1) is 16.1. The fraction of sp³-hybridized carbons (Fsp3) is 0.867. The highest BCUT2D eigenvalue weighted by Gasteiger charge is 2.39. The summed E-state index contributed by atoms with van der Waals surface area (Å²) in [7, 11) is 0. The summed E-state index contributed by atoms with van der Waals surface area (Å²) >= 11 is 0. The van der Waals surface area contributed by atoms with Gasteiger partial charge in [-0.25, -0.2) is 4.79 Å². The van der Waals surface area contributed by atoms with Crippen molar-refractivity contribution < 1.29 is 19.4 Å². The van der Waals surface area contributed by atoms with E-state index in [4.69, 9.17) is 4.74 Å². The van der Waals surface area contributed by atoms with Crippen LogP contribution in [0.15, 0.2) is 0 Å². The molecule has 2 heterocycles. The van der Waals surface area contributed by atoms with E-state index in [1.807, 2.05) is 20.8 Å². The third-order valence-electron chi connectivity index (χ3n) is 4.15. The van der Waals surface area contributed by atoms with E-state index in [-0.39, 0.29) is 12.5 Å². The second-order valence-corrected chi connectivity index (χ2v) is 7.12. The number of likely N-dealkylation sites (tertiary alicyclic amines) is 1. The highest BCUT2D eigenvalue weighted by molar-refractivity contribution is 5.73. The Kier molecular flexibility index (Phi) is 4.76. The van der Waals surface area contributed by atoms with Crippen LogP contribution < -0.4 is 5.32 Å². The number of nitrogens with one attached hydrogen (secondary N) is 1. The van der Waals surface area contributed by atoms with Crippen LogP contribution >= 0.6 is 0 Å². The SMILES string of the molecule is CC(C)(C)OC(=O)N1CC(C(=O)O)CC(C2CCCN2)C1. The van der Waals surface area contributed by atoms with Gasteiger partial charge >= 0.3 is 12.1 Å². The minimum absolute atomic E-state index is 0.190. The second kappa shape index (κ2) is 6.22. The topological polar surface area (TPSA) is 78.9 Å². The normalized spacial score (nSPS) is 30.2. The van der Waals surface area contributed by atoms with Crippen LogP contribution in [0.2, 0.25) is 0 Å². The smallest absolute Gasteiger partial charge is 0.410 e. The molecule has 2 aliphatic heterocycles. The van der Waals surface area contributed by atoms with E-state index in [2.05, 4.69) is 5.32 Å². The Balaban J connectivity index is 2.05. The van der Waals surface area contributed by atoms with Gasteiger partial charge in [0.25, 0.3) is 0 Å². The van der Waals surface area contributed by atoms with E-state index in [0.717, 1.165) is 19.4 Å². The Bertz CT molecular complexity index is 399. The van der Waals surface area contributed by atoms with Gasteiger partial charge in [-0.1, -0.05) is 0 Å². The molecule has 0 aromatic heterocycles. The number of hydrogen-bond donors (Lipinski definition) is 2. The van der Waals surface area contributed by atoms with E-state index in [0.29, 0.717) is 19.0 Å². The van der Waals surface area contributed by atoms with E-state index >= 15 is 0 Å². The molecular weight excluding hydrogens is 272 g/mol. The van der Waals surface area contributed by atoms with Crippen molar-refractivity contribution in [2.45, 2.75) is 51.7 Å². The monoisotopic (exact) mass is 298 g/mol. The van der Waals surface area contributed by atoms with Crippen molar-refractivity contribution >= 4 is 12.1 Å². The molecule has 2 rings (SSSR count). The van der Waals surface area contributed by atoms with Gasteiger partial charge in [0.15, 0.2) is 0 Å². The van der Waals surface area contributed by atoms with Gasteiger partial charge in [0.05, 0.1) is 5.92 Å². The van der Waals surface area contributed by atoms with Crippen molar-refractivity contribution in [1.82, 2.24) is 10.2 Å². The molecule has 0 aliphatic carbocycles. The molecule has 0 aromatic carbocycles. The zero-order valence-electron chi connectivity index (χ0n) is 13.1. The summed E-state index contributed by atoms with van der Waals surface area (Å²) < 4.78 is 5.39. The number of ether oxygens (including phenoxy) is 1. The number of carbonyl (C=O) groups is 2. The predicted octanol–water partition coefficient (Wildman–Crippen LogP) is 1.70. The molecule has 21 heavy (non-hydrogen) atoms. The number of aliphatic carboxylic acids is 1. The Hall–Kier alpha value is -1.30. The maximum atomic E-state index is 12.2. The quantitative estimate of drug-likeness (QED) is 0.811. The average molecular weight is 298 g/mol. The summed E-state index contributed by atoms with van der Waals surface area (Å²) in [6, 6.07) is 0.317. The molecule has 3 unspecified atom stereocenters. The molecule has 1 amide bonds. The summed E-state index contributed by atoms with van der Waals surface area (Å²) in [5.74, 6) is -1.14. The molecule has 6 nitrogen and oxygen atoms in total. The number of carboxylic acids is 1. The van der Waals surface area contributed by atoms with E-state index in [1.54, 1.807) is 4.90 Å². The molecule has 0 aromatic rings. The Morgan fingerprint density at radius 2 is 2.00 bits per heavy atom. The number of rotatable bonds is 2. The van der Waals surface area contributed by atoms with Gasteiger partial charge in [0.2, 0.25) is 0 Å². The zero-order valence-corrected chi connectivity index (χ0v) is 13.1. The molecule has 6 heteroatoms. The van der Waals surface area contributed by atoms with Gasteiger partial charge in [-0.2, -0.15) is 0 Å². The molecular formula is C15H26N2O4. The molecule has 2 N–H and O–H groups in total. The molecule has 120 valence electrons. The summed E-state index contributed by atoms with van der Waals surface area (Å²) in [6.45, 7) is 7.26. The number of carboxylic acid groups (broad SMARTS) is 1. The maximum absolute atomic E-state index is 12.2. The lowest BCUT2D eigenvalue weighted by molar-refractivity contribution is -0.144. The van der Waals surface area contributed by atoms with E-state index in [1.165, 1.54) is 0 Å². The largest absolute Gasteiger partial charge is 0.481 e. The lowest BCUT2D eigenvalue weighted by atomic mass is 9.84. The van der Waals surface area contributed by atoms with Gasteiger partial charge in [-0.3, -0.25) is 4.79 Å². The molecule has 0 saturated carbocycles. The molecule has 3 atom stereocenters. The molecule has 0 radical (unpaired) electrons. The molecule has 2 saturated heterocycles. The minimum Gasteiger partial charge on any atom is -0.481 e. The molecule has 2 fully saturated rings. The predicted molar refractivity (Wildman–Crippen MR) is 78.1 cm³/mol. The van der Waals surface area contributed by atoms with Crippen LogP contribution in [0, 0.1) is 11.8 Å². The van der Waals surface area contributed by atoms with Crippen molar-refractivity contribution in [3.63, 3.8) is 0 Å². The minimum atomic E-state index is -0.828. The van der Waals surface area contributed by atoms with Gasteiger partial charge in [-0.15, -0.1) is 0 Å². The highest BCUT2D eigenvalue weighted by Crippen LogP contribution is 2.29. The van der Waals surface area contributed by atoms with Crippen molar-refractivity contribution in [1.29, 1.82) is 0 Å². The van der Waals surface area contributed by atoms with Crippen LogP contribution in [0.5, 0.6) is 0 Å². The third-order valence-corrected chi connectivity index (χ3v) is 4.15. The summed E-state index contributed by atoms with van der Waals surface area (Å²) in [5.41, 5.74) is -0.561. The maximum Gasteiger partial charge on any atom is 0.410 e. The lowest BCUT2D eigenvalue weighted by Gasteiger charge is -2.39. The molecule has 0 bridgehead atoms. The zero-order chi connectivity index (χ0) is 15.6. The van der Waals surface area contributed by atoms with Crippen molar-refractivity contribution in [3.05, 3.63) is 0 Å². The van der Waals surface area contributed by atoms with Gasteiger partial charge in [0.1, 0.15) is 5.60 Å². The first-order chi connectivity index (χ1) is 9.76. The van der Waals surface area contributed by atoms with Crippen molar-refractivity contribution in [2.24, 2.45) is 11.8 Å². The van der Waals surface area contributed by atoms with E-state index < -0.39 is 23.6 Å². The van der Waals surface area contributed by atoms with Crippen LogP contribution in [-0.2, 0) is 9.53 Å². The number of nitrogens with zero attached hydrogens (tertiary/aromatic N) is 1. The highest BCUT2D eigenvalue weighted by atomic mass is 16.6. The Labute approximate surface area is 125 Å². The third kappa shape index (κ3) is 4.33. The van der Waals surface area contributed by atoms with Crippen LogP contribution in [0.25, 0.3) is 0 Å². The van der Waals surface area contributed by atoms with Gasteiger partial charge in [-0.05, 0) is 52.5 Å². The summed E-state index contributed by atoms with van der Waals surface area (Å²) in [4.78, 5) is 25.2. The Morgan fingerprint density at radius 3 is 2.52 bits per heavy atom.